The minimum Gasteiger partial charge on any atom is -0.494 e. The van der Waals surface area contributed by atoms with E-state index in [2.05, 4.69) is 21.0 Å². The average Bonchev–Trinajstić information content (AvgIpc) is 2.82. The molecule has 20 heavy (non-hydrogen) atoms. The summed E-state index contributed by atoms with van der Waals surface area (Å²) in [6, 6.07) is 5.72. The van der Waals surface area contributed by atoms with E-state index in [0.717, 1.165) is 15.2 Å². The first-order chi connectivity index (χ1) is 9.36. The summed E-state index contributed by atoms with van der Waals surface area (Å²) in [4.78, 5) is 0. The van der Waals surface area contributed by atoms with Gasteiger partial charge in [-0.25, -0.2) is 0 Å². The van der Waals surface area contributed by atoms with E-state index in [4.69, 9.17) is 9.47 Å². The van der Waals surface area contributed by atoms with Gasteiger partial charge in [0.25, 0.3) is 0 Å². The van der Waals surface area contributed by atoms with Crippen LogP contribution in [0.4, 0.5) is 13.2 Å². The molecule has 0 radical (unpaired) electrons. The normalized spacial score (nSPS) is 11.5. The van der Waals surface area contributed by atoms with Gasteiger partial charge >= 0.3 is 6.18 Å². The SMILES string of the molecule is COc1cc(Br)ccc1-n1nc(C(F)(F)F)cc1OC. The third kappa shape index (κ3) is 2.74. The summed E-state index contributed by atoms with van der Waals surface area (Å²) in [5.74, 6) is 0.340. The van der Waals surface area contributed by atoms with Crippen LogP contribution in [0.5, 0.6) is 11.6 Å². The molecule has 0 saturated carbocycles. The molecule has 0 atom stereocenters. The summed E-state index contributed by atoms with van der Waals surface area (Å²) in [5.41, 5.74) is -0.678. The van der Waals surface area contributed by atoms with Crippen LogP contribution in [0.15, 0.2) is 28.7 Å². The van der Waals surface area contributed by atoms with Crippen LogP contribution < -0.4 is 9.47 Å². The van der Waals surface area contributed by atoms with E-state index in [1.54, 1.807) is 18.2 Å². The lowest BCUT2D eigenvalue weighted by Gasteiger charge is -2.11. The predicted molar refractivity (Wildman–Crippen MR) is 69.4 cm³/mol. The fourth-order valence-electron chi connectivity index (χ4n) is 1.65. The molecule has 1 aromatic heterocycles. The van der Waals surface area contributed by atoms with Crippen molar-refractivity contribution in [3.63, 3.8) is 0 Å². The highest BCUT2D eigenvalue weighted by atomic mass is 79.9. The van der Waals surface area contributed by atoms with Crippen LogP contribution in [0.25, 0.3) is 5.69 Å². The molecule has 0 spiro atoms. The number of rotatable bonds is 3. The highest BCUT2D eigenvalue weighted by molar-refractivity contribution is 9.10. The minimum atomic E-state index is -4.54. The molecule has 4 nitrogen and oxygen atoms in total. The Labute approximate surface area is 121 Å². The van der Waals surface area contributed by atoms with Crippen molar-refractivity contribution in [1.29, 1.82) is 0 Å². The second-order valence-corrected chi connectivity index (χ2v) is 4.71. The first kappa shape index (κ1) is 14.7. The van der Waals surface area contributed by atoms with Gasteiger partial charge in [0.15, 0.2) is 5.69 Å². The molecule has 0 amide bonds. The van der Waals surface area contributed by atoms with E-state index in [0.29, 0.717) is 11.4 Å². The summed E-state index contributed by atoms with van der Waals surface area (Å²) < 4.78 is 50.0. The highest BCUT2D eigenvalue weighted by Gasteiger charge is 2.35. The number of hydrogen-bond donors (Lipinski definition) is 0. The first-order valence-corrected chi connectivity index (χ1v) is 6.21. The van der Waals surface area contributed by atoms with Gasteiger partial charge in [0.1, 0.15) is 11.4 Å². The molecule has 8 heteroatoms. The van der Waals surface area contributed by atoms with Crippen LogP contribution in [0.2, 0.25) is 0 Å². The zero-order valence-corrected chi connectivity index (χ0v) is 12.1. The standard InChI is InChI=1S/C12H10BrF3N2O2/c1-19-9-5-7(13)3-4-8(9)18-11(20-2)6-10(17-18)12(14,15)16/h3-6H,1-2H3. The van der Waals surface area contributed by atoms with Crippen LogP contribution >= 0.6 is 15.9 Å². The van der Waals surface area contributed by atoms with E-state index in [-0.39, 0.29) is 5.88 Å². The lowest BCUT2D eigenvalue weighted by molar-refractivity contribution is -0.141. The van der Waals surface area contributed by atoms with Crippen molar-refractivity contribution in [1.82, 2.24) is 9.78 Å². The zero-order valence-electron chi connectivity index (χ0n) is 10.5. The number of alkyl halides is 3. The number of ether oxygens (including phenoxy) is 2. The summed E-state index contributed by atoms with van der Waals surface area (Å²) in [6.45, 7) is 0. The molecule has 0 unspecified atom stereocenters. The second kappa shape index (κ2) is 5.35. The topological polar surface area (TPSA) is 36.3 Å². The van der Waals surface area contributed by atoms with Crippen molar-refractivity contribution in [2.24, 2.45) is 0 Å². The highest BCUT2D eigenvalue weighted by Crippen LogP contribution is 2.34. The van der Waals surface area contributed by atoms with E-state index in [1.165, 1.54) is 14.2 Å². The molecular formula is C12H10BrF3N2O2. The lowest BCUT2D eigenvalue weighted by Crippen LogP contribution is -2.08. The van der Waals surface area contributed by atoms with Gasteiger partial charge in [0.2, 0.25) is 5.88 Å². The Kier molecular flexibility index (Phi) is 3.94. The average molecular weight is 351 g/mol. The zero-order chi connectivity index (χ0) is 14.9. The Morgan fingerprint density at radius 1 is 1.15 bits per heavy atom. The first-order valence-electron chi connectivity index (χ1n) is 5.42. The molecule has 0 aliphatic heterocycles. The van der Waals surface area contributed by atoms with Crippen molar-refractivity contribution in [2.45, 2.75) is 6.18 Å². The van der Waals surface area contributed by atoms with E-state index >= 15 is 0 Å². The van der Waals surface area contributed by atoms with E-state index in [9.17, 15) is 13.2 Å². The molecule has 0 saturated heterocycles. The predicted octanol–water partition coefficient (Wildman–Crippen LogP) is 3.67. The Bertz CT molecular complexity index is 626. The van der Waals surface area contributed by atoms with Crippen LogP contribution in [0, 0.1) is 0 Å². The Balaban J connectivity index is 2.60. The van der Waals surface area contributed by atoms with Gasteiger partial charge in [-0.2, -0.15) is 23.0 Å². The number of nitrogens with zero attached hydrogens (tertiary/aromatic N) is 2. The van der Waals surface area contributed by atoms with Crippen LogP contribution in [0.3, 0.4) is 0 Å². The Morgan fingerprint density at radius 2 is 1.85 bits per heavy atom. The van der Waals surface area contributed by atoms with Crippen molar-refractivity contribution >= 4 is 15.9 Å². The molecule has 0 N–H and O–H groups in total. The van der Waals surface area contributed by atoms with Gasteiger partial charge in [-0.1, -0.05) is 15.9 Å². The van der Waals surface area contributed by atoms with E-state index in [1.807, 2.05) is 0 Å². The van der Waals surface area contributed by atoms with Gasteiger partial charge in [0, 0.05) is 10.5 Å². The second-order valence-electron chi connectivity index (χ2n) is 3.80. The summed E-state index contributed by atoms with van der Waals surface area (Å²) >= 11 is 3.26. The summed E-state index contributed by atoms with van der Waals surface area (Å²) in [5, 5.41) is 3.53. The quantitative estimate of drug-likeness (QED) is 0.847. The number of halogens is 4. The molecule has 0 bridgehead atoms. The largest absolute Gasteiger partial charge is 0.494 e. The maximum atomic E-state index is 12.7. The van der Waals surface area contributed by atoms with Gasteiger partial charge in [-0.3, -0.25) is 0 Å². The third-order valence-electron chi connectivity index (χ3n) is 2.55. The lowest BCUT2D eigenvalue weighted by atomic mass is 10.3. The summed E-state index contributed by atoms with van der Waals surface area (Å²) in [6.07, 6.45) is -4.54. The molecule has 108 valence electrons. The molecule has 0 aliphatic rings. The van der Waals surface area contributed by atoms with Crippen molar-refractivity contribution < 1.29 is 22.6 Å². The van der Waals surface area contributed by atoms with Gasteiger partial charge in [-0.05, 0) is 18.2 Å². The Morgan fingerprint density at radius 3 is 2.40 bits per heavy atom. The molecule has 1 heterocycles. The number of methoxy groups -OCH3 is 2. The third-order valence-corrected chi connectivity index (χ3v) is 3.04. The van der Waals surface area contributed by atoms with Crippen LogP contribution in [-0.4, -0.2) is 24.0 Å². The number of benzene rings is 1. The van der Waals surface area contributed by atoms with Gasteiger partial charge < -0.3 is 9.47 Å². The van der Waals surface area contributed by atoms with Gasteiger partial charge in [-0.15, -0.1) is 0 Å². The van der Waals surface area contributed by atoms with Crippen LogP contribution in [-0.2, 0) is 6.18 Å². The molecule has 2 rings (SSSR count). The molecule has 2 aromatic rings. The Hall–Kier alpha value is -1.70. The number of hydrogen-bond acceptors (Lipinski definition) is 3. The van der Waals surface area contributed by atoms with Crippen molar-refractivity contribution in [3.05, 3.63) is 34.4 Å². The smallest absolute Gasteiger partial charge is 0.435 e. The molecular weight excluding hydrogens is 341 g/mol. The molecule has 0 fully saturated rings. The fourth-order valence-corrected chi connectivity index (χ4v) is 1.99. The van der Waals surface area contributed by atoms with Gasteiger partial charge in [0.05, 0.1) is 14.2 Å². The summed E-state index contributed by atoms with van der Waals surface area (Å²) in [7, 11) is 2.70. The fraction of sp³-hybridized carbons (Fsp3) is 0.250. The van der Waals surface area contributed by atoms with E-state index < -0.39 is 11.9 Å². The minimum absolute atomic E-state index is 0.0297. The number of aromatic nitrogens is 2. The monoisotopic (exact) mass is 350 g/mol. The van der Waals surface area contributed by atoms with Crippen molar-refractivity contribution in [3.8, 4) is 17.3 Å². The van der Waals surface area contributed by atoms with Crippen molar-refractivity contribution in [2.75, 3.05) is 14.2 Å². The van der Waals surface area contributed by atoms with Crippen LogP contribution in [0.1, 0.15) is 5.69 Å². The maximum Gasteiger partial charge on any atom is 0.435 e. The maximum absolute atomic E-state index is 12.7. The molecule has 0 aliphatic carbocycles. The molecule has 1 aromatic carbocycles.